The van der Waals surface area contributed by atoms with E-state index >= 15 is 0 Å². The first kappa shape index (κ1) is 28.8. The maximum absolute atomic E-state index is 12.2. The lowest BCUT2D eigenvalue weighted by molar-refractivity contribution is -0.384. The van der Waals surface area contributed by atoms with Crippen LogP contribution in [0.2, 0.25) is 5.02 Å². The highest BCUT2D eigenvalue weighted by atomic mass is 35.5. The number of nitro groups is 1. The number of halogens is 1. The molecule has 10 nitrogen and oxygen atoms in total. The number of aliphatic imine (C=N–C) groups is 1. The molecule has 5 rings (SSSR count). The number of ether oxygens (including phenoxy) is 2. The van der Waals surface area contributed by atoms with Crippen molar-refractivity contribution in [2.45, 2.75) is 4.34 Å². The zero-order chi connectivity index (χ0) is 28.6. The van der Waals surface area contributed by atoms with Crippen molar-refractivity contribution >= 4 is 74.1 Å². The van der Waals surface area contributed by atoms with Gasteiger partial charge in [-0.1, -0.05) is 29.4 Å². The number of benzene rings is 3. The molecule has 0 unspecified atom stereocenters. The van der Waals surface area contributed by atoms with Gasteiger partial charge in [-0.25, -0.2) is 4.98 Å². The zero-order valence-corrected chi connectivity index (χ0v) is 24.2. The fraction of sp³-hybridized carbons (Fsp3) is 0.250. The third-order valence-corrected chi connectivity index (χ3v) is 8.51. The molecule has 1 aliphatic rings. The van der Waals surface area contributed by atoms with Gasteiger partial charge in [-0.15, -0.1) is 11.3 Å². The first-order chi connectivity index (χ1) is 19.9. The Hall–Kier alpha value is -3.71. The van der Waals surface area contributed by atoms with E-state index in [2.05, 4.69) is 15.3 Å². The molecule has 1 aliphatic heterocycles. The van der Waals surface area contributed by atoms with E-state index in [0.717, 1.165) is 14.6 Å². The topological polar surface area (TPSA) is 119 Å². The predicted molar refractivity (Wildman–Crippen MR) is 164 cm³/mol. The Morgan fingerprint density at radius 3 is 2.78 bits per heavy atom. The molecule has 3 aromatic carbocycles. The lowest BCUT2D eigenvalue weighted by Crippen LogP contribution is -2.36. The van der Waals surface area contributed by atoms with E-state index in [1.807, 2.05) is 29.2 Å². The van der Waals surface area contributed by atoms with Crippen LogP contribution in [0.5, 0.6) is 5.75 Å². The highest BCUT2D eigenvalue weighted by Gasteiger charge is 2.21. The summed E-state index contributed by atoms with van der Waals surface area (Å²) >= 11 is 8.71. The van der Waals surface area contributed by atoms with Crippen molar-refractivity contribution in [2.24, 2.45) is 4.99 Å². The smallest absolute Gasteiger partial charge is 0.293 e. The summed E-state index contributed by atoms with van der Waals surface area (Å²) in [5.41, 5.74) is 2.80. The molecular weight excluding hydrogens is 586 g/mol. The van der Waals surface area contributed by atoms with E-state index in [1.54, 1.807) is 42.6 Å². The number of thiazole rings is 1. The molecule has 1 saturated heterocycles. The van der Waals surface area contributed by atoms with Crippen molar-refractivity contribution in [1.29, 1.82) is 0 Å². The summed E-state index contributed by atoms with van der Waals surface area (Å²) in [6, 6.07) is 17.8. The second kappa shape index (κ2) is 13.8. The molecule has 1 aromatic heterocycles. The predicted octanol–water partition coefficient (Wildman–Crippen LogP) is 5.73. The molecule has 2 heterocycles. The van der Waals surface area contributed by atoms with Crippen molar-refractivity contribution in [1.82, 2.24) is 10.3 Å². The highest BCUT2D eigenvalue weighted by Crippen LogP contribution is 2.33. The van der Waals surface area contributed by atoms with Crippen molar-refractivity contribution < 1.29 is 19.2 Å². The largest absolute Gasteiger partial charge is 0.492 e. The van der Waals surface area contributed by atoms with Gasteiger partial charge in [0.15, 0.2) is 4.34 Å². The maximum atomic E-state index is 12.2. The number of nitrogens with one attached hydrogen (secondary N) is 1. The summed E-state index contributed by atoms with van der Waals surface area (Å²) in [5, 5.41) is 15.2. The van der Waals surface area contributed by atoms with Crippen LogP contribution >= 0.6 is 34.7 Å². The summed E-state index contributed by atoms with van der Waals surface area (Å²) < 4.78 is 12.7. The van der Waals surface area contributed by atoms with Gasteiger partial charge in [0.2, 0.25) is 5.91 Å². The average molecular weight is 612 g/mol. The number of anilines is 1. The fourth-order valence-electron chi connectivity index (χ4n) is 4.09. The van der Waals surface area contributed by atoms with Crippen LogP contribution in [0.25, 0.3) is 10.2 Å². The molecule has 13 heteroatoms. The van der Waals surface area contributed by atoms with Crippen molar-refractivity contribution in [3.63, 3.8) is 0 Å². The highest BCUT2D eigenvalue weighted by molar-refractivity contribution is 8.01. The second-order valence-electron chi connectivity index (χ2n) is 8.94. The number of hydrogen-bond acceptors (Lipinski definition) is 10. The third kappa shape index (κ3) is 7.94. The van der Waals surface area contributed by atoms with E-state index in [4.69, 9.17) is 21.1 Å². The van der Waals surface area contributed by atoms with Gasteiger partial charge in [0.25, 0.3) is 5.69 Å². The van der Waals surface area contributed by atoms with Crippen LogP contribution in [-0.2, 0) is 9.53 Å². The average Bonchev–Trinajstić information content (AvgIpc) is 3.41. The van der Waals surface area contributed by atoms with Gasteiger partial charge in [-0.2, -0.15) is 0 Å². The number of thioether (sulfide) groups is 1. The van der Waals surface area contributed by atoms with E-state index < -0.39 is 0 Å². The second-order valence-corrected chi connectivity index (χ2v) is 11.6. The number of rotatable bonds is 11. The number of aromatic nitrogens is 1. The molecule has 0 aliphatic carbocycles. The lowest BCUT2D eigenvalue weighted by Gasteiger charge is -2.28. The zero-order valence-electron chi connectivity index (χ0n) is 21.8. The Kier molecular flexibility index (Phi) is 9.67. The van der Waals surface area contributed by atoms with Gasteiger partial charge in [0.1, 0.15) is 18.0 Å². The Bertz CT molecular complexity index is 1560. The van der Waals surface area contributed by atoms with Gasteiger partial charge >= 0.3 is 0 Å². The molecule has 0 saturated carbocycles. The van der Waals surface area contributed by atoms with E-state index in [-0.39, 0.29) is 22.3 Å². The molecule has 0 bridgehead atoms. The molecular formula is C28H26ClN5O5S2. The SMILES string of the molecule is O=C(CSc1nc2ccc(N=Cc3ccc(N4CCOCC4)c([N+](=O)[O-])c3)cc2s1)NCCOc1ccc(Cl)cc1. The van der Waals surface area contributed by atoms with Crippen LogP contribution in [0.3, 0.4) is 0 Å². The molecule has 4 aromatic rings. The van der Waals surface area contributed by atoms with E-state index in [0.29, 0.717) is 67.2 Å². The number of nitro benzene ring substituents is 1. The quantitative estimate of drug-likeness (QED) is 0.0750. The summed E-state index contributed by atoms with van der Waals surface area (Å²) in [6.45, 7) is 3.09. The van der Waals surface area contributed by atoms with Gasteiger partial charge in [-0.05, 0) is 54.1 Å². The number of amides is 1. The first-order valence-corrected chi connectivity index (χ1v) is 15.0. The minimum Gasteiger partial charge on any atom is -0.492 e. The number of hydrogen-bond donors (Lipinski definition) is 1. The van der Waals surface area contributed by atoms with Crippen LogP contribution in [0.15, 0.2) is 70.0 Å². The van der Waals surface area contributed by atoms with Gasteiger partial charge in [0.05, 0.1) is 46.3 Å². The molecule has 0 atom stereocenters. The van der Waals surface area contributed by atoms with Crippen molar-refractivity contribution in [3.8, 4) is 5.75 Å². The lowest BCUT2D eigenvalue weighted by atomic mass is 10.1. The molecule has 0 spiro atoms. The minimum atomic E-state index is -0.361. The first-order valence-electron chi connectivity index (χ1n) is 12.8. The Labute approximate surface area is 249 Å². The number of nitrogens with zero attached hydrogens (tertiary/aromatic N) is 4. The monoisotopic (exact) mass is 611 g/mol. The van der Waals surface area contributed by atoms with Crippen LogP contribution < -0.4 is 15.0 Å². The minimum absolute atomic E-state index is 0.0496. The number of morpholine rings is 1. The fourth-order valence-corrected chi connectivity index (χ4v) is 6.15. The Morgan fingerprint density at radius 2 is 2.00 bits per heavy atom. The molecule has 1 amide bonds. The van der Waals surface area contributed by atoms with Crippen molar-refractivity contribution in [2.75, 3.05) is 50.1 Å². The van der Waals surface area contributed by atoms with Crippen LogP contribution in [-0.4, -0.2) is 67.2 Å². The standard InChI is InChI=1S/C28H26ClN5O5S2/c29-20-2-5-22(6-3-20)39-12-9-30-27(35)18-40-28-32-23-7-4-21(16-26(23)41-28)31-17-19-1-8-24(25(15-19)34(36)37)33-10-13-38-14-11-33/h1-8,15-17H,9-14,18H2,(H,30,35). The summed E-state index contributed by atoms with van der Waals surface area (Å²) in [6.07, 6.45) is 1.62. The van der Waals surface area contributed by atoms with Gasteiger partial charge in [0, 0.05) is 30.4 Å². The normalized spacial score (nSPS) is 13.5. The summed E-state index contributed by atoms with van der Waals surface area (Å²) in [5.74, 6) is 0.831. The molecule has 41 heavy (non-hydrogen) atoms. The van der Waals surface area contributed by atoms with E-state index in [9.17, 15) is 14.9 Å². The third-order valence-electron chi connectivity index (χ3n) is 6.10. The number of fused-ring (bicyclic) bond motifs is 1. The Morgan fingerprint density at radius 1 is 1.20 bits per heavy atom. The number of carbonyl (C=O) groups excluding carboxylic acids is 1. The van der Waals surface area contributed by atoms with Crippen LogP contribution in [0.1, 0.15) is 5.56 Å². The molecule has 0 radical (unpaired) electrons. The molecule has 1 fully saturated rings. The molecule has 212 valence electrons. The Balaban J connectivity index is 1.14. The van der Waals surface area contributed by atoms with Crippen LogP contribution in [0, 0.1) is 10.1 Å². The molecule has 1 N–H and O–H groups in total. The van der Waals surface area contributed by atoms with Gasteiger partial charge in [-0.3, -0.25) is 19.9 Å². The van der Waals surface area contributed by atoms with Crippen molar-refractivity contribution in [3.05, 3.63) is 81.4 Å². The van der Waals surface area contributed by atoms with Gasteiger partial charge < -0.3 is 19.7 Å². The summed E-state index contributed by atoms with van der Waals surface area (Å²) in [7, 11) is 0. The summed E-state index contributed by atoms with van der Waals surface area (Å²) in [4.78, 5) is 34.7. The number of carbonyl (C=O) groups is 1. The van der Waals surface area contributed by atoms with E-state index in [1.165, 1.54) is 23.1 Å². The van der Waals surface area contributed by atoms with Crippen LogP contribution in [0.4, 0.5) is 17.1 Å². The maximum Gasteiger partial charge on any atom is 0.293 e.